The molecule has 0 aromatic heterocycles. The van der Waals surface area contributed by atoms with Gasteiger partial charge in [0.2, 0.25) is 10.0 Å². The summed E-state index contributed by atoms with van der Waals surface area (Å²) in [6.45, 7) is 3.20. The van der Waals surface area contributed by atoms with Gasteiger partial charge in [-0.2, -0.15) is 4.31 Å². The van der Waals surface area contributed by atoms with E-state index in [1.54, 1.807) is 65.0 Å². The monoisotopic (exact) mass is 517 g/mol. The highest BCUT2D eigenvalue weighted by atomic mass is 35.5. The predicted molar refractivity (Wildman–Crippen MR) is 135 cm³/mol. The summed E-state index contributed by atoms with van der Waals surface area (Å²) in [5, 5.41) is 3.93. The number of nitrogens with zero attached hydrogens (tertiary/aromatic N) is 2. The molecule has 1 amide bonds. The lowest BCUT2D eigenvalue weighted by molar-refractivity contribution is 0.0951. The van der Waals surface area contributed by atoms with E-state index in [2.05, 4.69) is 10.2 Å². The van der Waals surface area contributed by atoms with Gasteiger partial charge in [-0.25, -0.2) is 8.42 Å². The number of hydrogen-bond acceptors (Lipinski definition) is 4. The van der Waals surface area contributed by atoms with Crippen LogP contribution in [0.25, 0.3) is 0 Å². The zero-order chi connectivity index (χ0) is 24.1. The second-order valence-corrected chi connectivity index (χ2v) is 10.9. The number of sulfonamides is 1. The van der Waals surface area contributed by atoms with Gasteiger partial charge in [0.05, 0.1) is 4.90 Å². The molecule has 3 aromatic carbocycles. The van der Waals surface area contributed by atoms with Crippen molar-refractivity contribution in [3.8, 4) is 0 Å². The number of rotatable bonds is 7. The Morgan fingerprint density at radius 3 is 2.21 bits per heavy atom. The molecule has 34 heavy (non-hydrogen) atoms. The Hall–Kier alpha value is -2.42. The fourth-order valence-corrected chi connectivity index (χ4v) is 5.75. The van der Waals surface area contributed by atoms with Crippen LogP contribution in [0, 0.1) is 0 Å². The van der Waals surface area contributed by atoms with Crippen molar-refractivity contribution < 1.29 is 13.2 Å². The Kier molecular flexibility index (Phi) is 7.91. The Bertz CT molecular complexity index is 1240. The topological polar surface area (TPSA) is 69.7 Å². The number of carbonyl (C=O) groups excluding carboxylic acids is 1. The molecule has 0 aliphatic carbocycles. The Balaban J connectivity index is 1.28. The predicted octanol–water partition coefficient (Wildman–Crippen LogP) is 4.43. The van der Waals surface area contributed by atoms with Crippen molar-refractivity contribution in [1.82, 2.24) is 14.5 Å². The minimum atomic E-state index is -3.46. The molecule has 1 fully saturated rings. The molecule has 1 heterocycles. The molecule has 0 spiro atoms. The van der Waals surface area contributed by atoms with Gasteiger partial charge >= 0.3 is 0 Å². The summed E-state index contributed by atoms with van der Waals surface area (Å²) in [7, 11) is -3.46. The molecule has 6 nitrogen and oxygen atoms in total. The molecule has 1 N–H and O–H groups in total. The maximum Gasteiger partial charge on any atom is 0.251 e. The summed E-state index contributed by atoms with van der Waals surface area (Å²) in [5.74, 6) is -0.183. The van der Waals surface area contributed by atoms with Gasteiger partial charge in [-0.05, 0) is 47.5 Å². The molecule has 0 bridgehead atoms. The molecule has 1 aliphatic heterocycles. The Morgan fingerprint density at radius 1 is 0.882 bits per heavy atom. The first-order chi connectivity index (χ1) is 16.3. The second kappa shape index (κ2) is 10.9. The summed E-state index contributed by atoms with van der Waals surface area (Å²) < 4.78 is 27.1. The molecule has 0 radical (unpaired) electrons. The van der Waals surface area contributed by atoms with E-state index in [1.165, 1.54) is 0 Å². The molecule has 1 aliphatic rings. The van der Waals surface area contributed by atoms with E-state index in [9.17, 15) is 13.2 Å². The van der Waals surface area contributed by atoms with Gasteiger partial charge in [0.25, 0.3) is 5.91 Å². The molecular formula is C25H25Cl2N3O3S. The molecule has 178 valence electrons. The fraction of sp³-hybridized carbons (Fsp3) is 0.240. The summed E-state index contributed by atoms with van der Waals surface area (Å²) >= 11 is 12.1. The highest BCUT2D eigenvalue weighted by molar-refractivity contribution is 7.89. The number of hydrogen-bond donors (Lipinski definition) is 1. The van der Waals surface area contributed by atoms with E-state index in [4.69, 9.17) is 23.2 Å². The van der Waals surface area contributed by atoms with Crippen LogP contribution in [-0.4, -0.2) is 49.7 Å². The quantitative estimate of drug-likeness (QED) is 0.503. The van der Waals surface area contributed by atoms with Gasteiger partial charge in [0.15, 0.2) is 0 Å². The second-order valence-electron chi connectivity index (χ2n) is 8.11. The summed E-state index contributed by atoms with van der Waals surface area (Å²) in [6.07, 6.45) is 0. The van der Waals surface area contributed by atoms with E-state index < -0.39 is 10.0 Å². The number of nitrogens with one attached hydrogen (secondary N) is 1. The maximum atomic E-state index is 12.8. The molecule has 0 saturated carbocycles. The maximum absolute atomic E-state index is 12.8. The molecule has 9 heteroatoms. The van der Waals surface area contributed by atoms with Crippen molar-refractivity contribution in [2.45, 2.75) is 18.0 Å². The van der Waals surface area contributed by atoms with Crippen LogP contribution >= 0.6 is 23.2 Å². The molecule has 3 aromatic rings. The lowest BCUT2D eigenvalue weighted by Gasteiger charge is -2.34. The summed E-state index contributed by atoms with van der Waals surface area (Å²) in [4.78, 5) is 15.0. The Morgan fingerprint density at radius 2 is 1.56 bits per heavy atom. The highest BCUT2D eigenvalue weighted by Crippen LogP contribution is 2.21. The normalized spacial score (nSPS) is 15.2. The van der Waals surface area contributed by atoms with Gasteiger partial charge in [0.1, 0.15) is 0 Å². The van der Waals surface area contributed by atoms with Crippen LogP contribution in [0.5, 0.6) is 0 Å². The van der Waals surface area contributed by atoms with E-state index in [1.807, 2.05) is 12.1 Å². The zero-order valence-electron chi connectivity index (χ0n) is 18.5. The van der Waals surface area contributed by atoms with Gasteiger partial charge in [-0.3, -0.25) is 9.69 Å². The average Bonchev–Trinajstić information content (AvgIpc) is 2.85. The lowest BCUT2D eigenvalue weighted by Crippen LogP contribution is -2.48. The van der Waals surface area contributed by atoms with Crippen LogP contribution in [0.3, 0.4) is 0 Å². The van der Waals surface area contributed by atoms with Crippen LogP contribution < -0.4 is 5.32 Å². The molecule has 1 saturated heterocycles. The van der Waals surface area contributed by atoms with E-state index in [0.29, 0.717) is 59.8 Å². The average molecular weight is 518 g/mol. The van der Waals surface area contributed by atoms with Crippen LogP contribution in [0.4, 0.5) is 0 Å². The molecule has 0 unspecified atom stereocenters. The number of amides is 1. The van der Waals surface area contributed by atoms with Gasteiger partial charge in [-0.15, -0.1) is 0 Å². The number of halogens is 2. The number of benzene rings is 3. The third kappa shape index (κ3) is 5.98. The first kappa shape index (κ1) is 24.7. The minimum Gasteiger partial charge on any atom is -0.348 e. The number of piperazine rings is 1. The van der Waals surface area contributed by atoms with E-state index >= 15 is 0 Å². The van der Waals surface area contributed by atoms with Crippen molar-refractivity contribution in [2.75, 3.05) is 26.2 Å². The van der Waals surface area contributed by atoms with E-state index in [-0.39, 0.29) is 5.91 Å². The summed E-state index contributed by atoms with van der Waals surface area (Å²) in [6, 6.07) is 21.2. The lowest BCUT2D eigenvalue weighted by atomic mass is 10.1. The number of carbonyl (C=O) groups is 1. The van der Waals surface area contributed by atoms with Gasteiger partial charge in [-0.1, -0.05) is 59.6 Å². The smallest absolute Gasteiger partial charge is 0.251 e. The largest absolute Gasteiger partial charge is 0.348 e. The molecule has 4 rings (SSSR count). The highest BCUT2D eigenvalue weighted by Gasteiger charge is 2.28. The van der Waals surface area contributed by atoms with Crippen molar-refractivity contribution >= 4 is 39.1 Å². The van der Waals surface area contributed by atoms with Crippen molar-refractivity contribution in [1.29, 1.82) is 0 Å². The van der Waals surface area contributed by atoms with Crippen molar-refractivity contribution in [3.05, 3.63) is 99.5 Å². The minimum absolute atomic E-state index is 0.183. The standard InChI is InChI=1S/C25H25Cl2N3O3S/c26-22-11-10-21(24(27)16-22)17-28-25(31)20-8-6-19(7-9-20)18-29-12-14-30(15-13-29)34(32,33)23-4-2-1-3-5-23/h1-11,16H,12-15,17-18H2,(H,28,31). The van der Waals surface area contributed by atoms with Crippen LogP contribution in [0.1, 0.15) is 21.5 Å². The first-order valence-corrected chi connectivity index (χ1v) is 13.1. The Labute approximate surface area is 210 Å². The fourth-order valence-electron chi connectivity index (χ4n) is 3.83. The third-order valence-corrected chi connectivity index (χ3v) is 8.29. The van der Waals surface area contributed by atoms with E-state index in [0.717, 1.165) is 11.1 Å². The van der Waals surface area contributed by atoms with Crippen LogP contribution in [0.15, 0.2) is 77.7 Å². The van der Waals surface area contributed by atoms with Crippen molar-refractivity contribution in [3.63, 3.8) is 0 Å². The molecular weight excluding hydrogens is 493 g/mol. The van der Waals surface area contributed by atoms with Crippen LogP contribution in [-0.2, 0) is 23.1 Å². The van der Waals surface area contributed by atoms with Gasteiger partial charge in [0, 0.05) is 54.9 Å². The van der Waals surface area contributed by atoms with Crippen LogP contribution in [0.2, 0.25) is 10.0 Å². The van der Waals surface area contributed by atoms with Crippen molar-refractivity contribution in [2.24, 2.45) is 0 Å². The zero-order valence-corrected chi connectivity index (χ0v) is 20.8. The first-order valence-electron chi connectivity index (χ1n) is 10.9. The molecule has 0 atom stereocenters. The SMILES string of the molecule is O=C(NCc1ccc(Cl)cc1Cl)c1ccc(CN2CCN(S(=O)(=O)c3ccccc3)CC2)cc1. The summed E-state index contributed by atoms with van der Waals surface area (Å²) in [5.41, 5.74) is 2.42. The third-order valence-electron chi connectivity index (χ3n) is 5.79. The van der Waals surface area contributed by atoms with Gasteiger partial charge < -0.3 is 5.32 Å².